The number of aryl methyl sites for hydroxylation is 1. The number of anilines is 1. The lowest BCUT2D eigenvalue weighted by Crippen LogP contribution is -2.16. The molecule has 0 aliphatic rings. The highest BCUT2D eigenvalue weighted by Gasteiger charge is 2.37. The molecular weight excluding hydrogens is 287 g/mol. The largest absolute Gasteiger partial charge is 0.449 e. The number of hydrogen-bond acceptors (Lipinski definition) is 5. The van der Waals surface area contributed by atoms with Gasteiger partial charge in [-0.2, -0.15) is 18.2 Å². The van der Waals surface area contributed by atoms with Gasteiger partial charge in [-0.3, -0.25) is 0 Å². The summed E-state index contributed by atoms with van der Waals surface area (Å²) in [6, 6.07) is 4.39. The number of hydrogen-bond donors (Lipinski definition) is 1. The van der Waals surface area contributed by atoms with Crippen molar-refractivity contribution in [3.05, 3.63) is 35.7 Å². The zero-order valence-electron chi connectivity index (χ0n) is 10.8. The molecule has 0 aliphatic heterocycles. The van der Waals surface area contributed by atoms with Crippen LogP contribution in [0.4, 0.5) is 18.9 Å². The molecule has 0 spiro atoms. The van der Waals surface area contributed by atoms with Gasteiger partial charge in [-0.1, -0.05) is 5.16 Å². The van der Waals surface area contributed by atoms with E-state index in [4.69, 9.17) is 10.3 Å². The fraction of sp³-hybridized carbons (Fsp3) is 0.250. The van der Waals surface area contributed by atoms with Gasteiger partial charge in [0.15, 0.2) is 5.82 Å². The van der Waals surface area contributed by atoms with Crippen molar-refractivity contribution in [3.63, 3.8) is 0 Å². The predicted octanol–water partition coefficient (Wildman–Crippen LogP) is 2.38. The van der Waals surface area contributed by atoms with Crippen LogP contribution in [0.1, 0.15) is 17.5 Å². The quantitative estimate of drug-likeness (QED) is 0.734. The molecule has 3 rings (SSSR count). The highest BCUT2D eigenvalue weighted by molar-refractivity contribution is 5.79. The standard InChI is InChI=1S/C12H10F3N5O/c1-6-17-10(19-21-6)5-20-9-3-2-7(16)4-8(9)18-11(20)12(13,14)15/h2-4H,5,16H2,1H3. The third-order valence-electron chi connectivity index (χ3n) is 2.90. The van der Waals surface area contributed by atoms with E-state index >= 15 is 0 Å². The van der Waals surface area contributed by atoms with Crippen molar-refractivity contribution >= 4 is 16.7 Å². The molecule has 1 aromatic carbocycles. The molecule has 0 fully saturated rings. The van der Waals surface area contributed by atoms with Gasteiger partial charge in [0.1, 0.15) is 0 Å². The van der Waals surface area contributed by atoms with Crippen molar-refractivity contribution in [2.75, 3.05) is 5.73 Å². The maximum atomic E-state index is 13.1. The molecule has 2 heterocycles. The van der Waals surface area contributed by atoms with Crippen LogP contribution in [0.5, 0.6) is 0 Å². The van der Waals surface area contributed by atoms with Gasteiger partial charge in [0.25, 0.3) is 0 Å². The first kappa shape index (κ1) is 13.4. The van der Waals surface area contributed by atoms with Crippen LogP contribution in [-0.4, -0.2) is 19.7 Å². The highest BCUT2D eigenvalue weighted by Crippen LogP contribution is 2.32. The molecule has 0 atom stereocenters. The molecule has 2 aromatic heterocycles. The summed E-state index contributed by atoms with van der Waals surface area (Å²) in [5.74, 6) is -0.591. The Labute approximate surface area is 116 Å². The molecule has 2 N–H and O–H groups in total. The summed E-state index contributed by atoms with van der Waals surface area (Å²) in [6.07, 6.45) is -4.59. The monoisotopic (exact) mass is 297 g/mol. The number of alkyl halides is 3. The summed E-state index contributed by atoms with van der Waals surface area (Å²) in [6.45, 7) is 1.38. The van der Waals surface area contributed by atoms with Crippen molar-refractivity contribution in [1.29, 1.82) is 0 Å². The minimum absolute atomic E-state index is 0.147. The number of fused-ring (bicyclic) bond motifs is 1. The van der Waals surface area contributed by atoms with E-state index in [1.54, 1.807) is 6.92 Å². The van der Waals surface area contributed by atoms with Crippen LogP contribution in [0.3, 0.4) is 0 Å². The molecule has 0 bridgehead atoms. The lowest BCUT2D eigenvalue weighted by molar-refractivity contribution is -0.146. The smallest absolute Gasteiger partial charge is 0.399 e. The van der Waals surface area contributed by atoms with Gasteiger partial charge in [-0.15, -0.1) is 0 Å². The number of nitrogens with two attached hydrogens (primary N) is 1. The Balaban J connectivity index is 2.17. The molecule has 0 saturated carbocycles. The van der Waals surface area contributed by atoms with Crippen molar-refractivity contribution in [1.82, 2.24) is 19.7 Å². The second-order valence-electron chi connectivity index (χ2n) is 4.50. The zero-order chi connectivity index (χ0) is 15.2. The van der Waals surface area contributed by atoms with Gasteiger partial charge in [0.2, 0.25) is 11.7 Å². The van der Waals surface area contributed by atoms with Gasteiger partial charge in [-0.05, 0) is 18.2 Å². The summed E-state index contributed by atoms with van der Waals surface area (Å²) >= 11 is 0. The van der Waals surface area contributed by atoms with Crippen LogP contribution in [-0.2, 0) is 12.7 Å². The van der Waals surface area contributed by atoms with E-state index in [1.165, 1.54) is 18.2 Å². The Bertz CT molecular complexity index is 805. The Kier molecular flexibility index (Phi) is 2.85. The highest BCUT2D eigenvalue weighted by atomic mass is 19.4. The van der Waals surface area contributed by atoms with Gasteiger partial charge in [0, 0.05) is 12.6 Å². The van der Waals surface area contributed by atoms with E-state index in [2.05, 4.69) is 15.1 Å². The molecule has 0 radical (unpaired) electrons. The second-order valence-corrected chi connectivity index (χ2v) is 4.50. The number of nitrogen functional groups attached to an aromatic ring is 1. The fourth-order valence-corrected chi connectivity index (χ4v) is 2.07. The Hall–Kier alpha value is -2.58. The topological polar surface area (TPSA) is 82.8 Å². The minimum Gasteiger partial charge on any atom is -0.399 e. The zero-order valence-corrected chi connectivity index (χ0v) is 10.8. The van der Waals surface area contributed by atoms with E-state index in [1.807, 2.05) is 0 Å². The molecular formula is C12H10F3N5O. The first-order chi connectivity index (χ1) is 9.84. The lowest BCUT2D eigenvalue weighted by atomic mass is 10.3. The third kappa shape index (κ3) is 2.41. The van der Waals surface area contributed by atoms with E-state index in [0.29, 0.717) is 11.2 Å². The summed E-state index contributed by atoms with van der Waals surface area (Å²) in [5.41, 5.74) is 6.40. The van der Waals surface area contributed by atoms with E-state index in [0.717, 1.165) is 4.57 Å². The summed E-state index contributed by atoms with van der Waals surface area (Å²) in [7, 11) is 0. The van der Waals surface area contributed by atoms with Crippen molar-refractivity contribution in [3.8, 4) is 0 Å². The van der Waals surface area contributed by atoms with Crippen LogP contribution in [0, 0.1) is 6.92 Å². The van der Waals surface area contributed by atoms with E-state index in [9.17, 15) is 13.2 Å². The van der Waals surface area contributed by atoms with Crippen molar-refractivity contribution in [2.24, 2.45) is 0 Å². The predicted molar refractivity (Wildman–Crippen MR) is 67.3 cm³/mol. The number of nitrogens with zero attached hydrogens (tertiary/aromatic N) is 4. The fourth-order valence-electron chi connectivity index (χ4n) is 2.07. The molecule has 0 unspecified atom stereocenters. The normalized spacial score (nSPS) is 12.2. The molecule has 0 saturated heterocycles. The Morgan fingerprint density at radius 2 is 2.05 bits per heavy atom. The molecule has 110 valence electrons. The van der Waals surface area contributed by atoms with Crippen LogP contribution in [0.2, 0.25) is 0 Å². The number of imidazole rings is 1. The molecule has 6 nitrogen and oxygen atoms in total. The minimum atomic E-state index is -4.59. The van der Waals surface area contributed by atoms with E-state index in [-0.39, 0.29) is 23.8 Å². The van der Waals surface area contributed by atoms with Crippen molar-refractivity contribution in [2.45, 2.75) is 19.6 Å². The lowest BCUT2D eigenvalue weighted by Gasteiger charge is -2.09. The Morgan fingerprint density at radius 3 is 2.67 bits per heavy atom. The van der Waals surface area contributed by atoms with Gasteiger partial charge in [-0.25, -0.2) is 4.98 Å². The molecule has 21 heavy (non-hydrogen) atoms. The van der Waals surface area contributed by atoms with E-state index < -0.39 is 12.0 Å². The van der Waals surface area contributed by atoms with Crippen LogP contribution < -0.4 is 5.73 Å². The molecule has 3 aromatic rings. The van der Waals surface area contributed by atoms with Gasteiger partial charge in [0.05, 0.1) is 17.6 Å². The van der Waals surface area contributed by atoms with Crippen LogP contribution in [0.15, 0.2) is 22.7 Å². The number of halogens is 3. The third-order valence-corrected chi connectivity index (χ3v) is 2.90. The SMILES string of the molecule is Cc1nc(Cn2c(C(F)(F)F)nc3cc(N)ccc32)no1. The number of benzene rings is 1. The van der Waals surface area contributed by atoms with Crippen LogP contribution in [0.25, 0.3) is 11.0 Å². The number of aromatic nitrogens is 4. The molecule has 9 heteroatoms. The molecule has 0 amide bonds. The summed E-state index contributed by atoms with van der Waals surface area (Å²) in [4.78, 5) is 7.53. The summed E-state index contributed by atoms with van der Waals surface area (Å²) < 4.78 is 45.1. The van der Waals surface area contributed by atoms with Crippen molar-refractivity contribution < 1.29 is 17.7 Å². The number of rotatable bonds is 2. The Morgan fingerprint density at radius 1 is 1.29 bits per heavy atom. The van der Waals surface area contributed by atoms with Gasteiger partial charge < -0.3 is 14.8 Å². The first-order valence-electron chi connectivity index (χ1n) is 5.97. The maximum Gasteiger partial charge on any atom is 0.449 e. The maximum absolute atomic E-state index is 13.1. The van der Waals surface area contributed by atoms with Gasteiger partial charge >= 0.3 is 6.18 Å². The average Bonchev–Trinajstić information content (AvgIpc) is 2.93. The first-order valence-corrected chi connectivity index (χ1v) is 5.97. The average molecular weight is 297 g/mol. The second kappa shape index (κ2) is 4.47. The van der Waals surface area contributed by atoms with Crippen LogP contribution >= 0.6 is 0 Å². The summed E-state index contributed by atoms with van der Waals surface area (Å²) in [5, 5.41) is 3.61. The molecule has 0 aliphatic carbocycles.